The van der Waals surface area contributed by atoms with Crippen LogP contribution in [0.4, 0.5) is 13.2 Å². The summed E-state index contributed by atoms with van der Waals surface area (Å²) in [5.74, 6) is -1.00. The van der Waals surface area contributed by atoms with E-state index < -0.39 is 17.4 Å². The molecule has 0 N–H and O–H groups in total. The highest BCUT2D eigenvalue weighted by Crippen LogP contribution is 2.36. The Bertz CT molecular complexity index is 529. The van der Waals surface area contributed by atoms with Gasteiger partial charge in [0, 0.05) is 16.5 Å². The molecule has 0 aliphatic heterocycles. The Kier molecular flexibility index (Phi) is 6.28. The molecule has 122 valence electrons. The number of hydrogen-bond donors (Lipinski definition) is 0. The Hall–Kier alpha value is -1.70. The molecule has 0 aliphatic carbocycles. The molecule has 0 fully saturated rings. The molecule has 0 heterocycles. The Morgan fingerprint density at radius 1 is 1.23 bits per heavy atom. The highest BCUT2D eigenvalue weighted by molar-refractivity contribution is 8.00. The maximum absolute atomic E-state index is 12.3. The predicted molar refractivity (Wildman–Crippen MR) is 76.5 cm³/mol. The molecule has 0 atom stereocenters. The Labute approximate surface area is 130 Å². The van der Waals surface area contributed by atoms with Crippen LogP contribution in [0.5, 0.6) is 0 Å². The van der Waals surface area contributed by atoms with E-state index in [9.17, 15) is 22.8 Å². The van der Waals surface area contributed by atoms with Crippen molar-refractivity contribution in [1.29, 1.82) is 0 Å². The van der Waals surface area contributed by atoms with Gasteiger partial charge in [0.05, 0.1) is 7.11 Å². The third-order valence-corrected chi connectivity index (χ3v) is 3.49. The maximum Gasteiger partial charge on any atom is 0.446 e. The molecular formula is C14H16F3NO3S. The first-order valence-electron chi connectivity index (χ1n) is 6.37. The fraction of sp³-hybridized carbons (Fsp3) is 0.429. The number of hydrogen-bond acceptors (Lipinski definition) is 4. The standard InChI is InChI=1S/C14H16F3NO3S/c1-9(2)18(8-12(19)21-3)13(20)10-4-6-11(7-5-10)22-14(15,16)17/h4-7,9H,8H2,1-3H3. The van der Waals surface area contributed by atoms with Gasteiger partial charge in [0.15, 0.2) is 0 Å². The molecule has 1 aromatic carbocycles. The van der Waals surface area contributed by atoms with Crippen molar-refractivity contribution < 1.29 is 27.5 Å². The van der Waals surface area contributed by atoms with E-state index >= 15 is 0 Å². The minimum absolute atomic E-state index is 0.00638. The summed E-state index contributed by atoms with van der Waals surface area (Å²) in [6, 6.07) is 4.81. The lowest BCUT2D eigenvalue weighted by molar-refractivity contribution is -0.141. The van der Waals surface area contributed by atoms with Crippen LogP contribution in [-0.2, 0) is 9.53 Å². The second-order valence-electron chi connectivity index (χ2n) is 4.68. The lowest BCUT2D eigenvalue weighted by Crippen LogP contribution is -2.41. The van der Waals surface area contributed by atoms with Crippen molar-refractivity contribution in [2.45, 2.75) is 30.3 Å². The van der Waals surface area contributed by atoms with Crippen LogP contribution in [0.1, 0.15) is 24.2 Å². The van der Waals surface area contributed by atoms with Gasteiger partial charge in [-0.1, -0.05) is 0 Å². The number of amides is 1. The first-order chi connectivity index (χ1) is 10.1. The quantitative estimate of drug-likeness (QED) is 0.612. The monoisotopic (exact) mass is 335 g/mol. The van der Waals surface area contributed by atoms with Crippen molar-refractivity contribution in [2.24, 2.45) is 0 Å². The van der Waals surface area contributed by atoms with E-state index in [1.807, 2.05) is 0 Å². The summed E-state index contributed by atoms with van der Waals surface area (Å²) in [6.07, 6.45) is 0. The number of halogens is 3. The summed E-state index contributed by atoms with van der Waals surface area (Å²) in [5, 5.41) is 0. The van der Waals surface area contributed by atoms with Crippen LogP contribution >= 0.6 is 11.8 Å². The molecule has 0 spiro atoms. The second-order valence-corrected chi connectivity index (χ2v) is 5.81. The molecule has 4 nitrogen and oxygen atoms in total. The van der Waals surface area contributed by atoms with Gasteiger partial charge in [0.2, 0.25) is 0 Å². The van der Waals surface area contributed by atoms with E-state index in [1.54, 1.807) is 13.8 Å². The molecule has 0 aromatic heterocycles. The molecule has 0 bridgehead atoms. The first-order valence-corrected chi connectivity index (χ1v) is 7.19. The number of rotatable bonds is 5. The number of methoxy groups -OCH3 is 1. The number of esters is 1. The van der Waals surface area contributed by atoms with Crippen LogP contribution in [0, 0.1) is 0 Å². The summed E-state index contributed by atoms with van der Waals surface area (Å²) >= 11 is -0.249. The van der Waals surface area contributed by atoms with E-state index in [0.29, 0.717) is 0 Å². The summed E-state index contributed by atoms with van der Waals surface area (Å²) in [4.78, 5) is 24.9. The van der Waals surface area contributed by atoms with Gasteiger partial charge >= 0.3 is 11.5 Å². The molecule has 1 aromatic rings. The van der Waals surface area contributed by atoms with Crippen molar-refractivity contribution in [3.05, 3.63) is 29.8 Å². The highest BCUT2D eigenvalue weighted by Gasteiger charge is 2.29. The number of carbonyl (C=O) groups excluding carboxylic acids is 2. The molecule has 1 rings (SSSR count). The summed E-state index contributed by atoms with van der Waals surface area (Å²) < 4.78 is 41.3. The van der Waals surface area contributed by atoms with Gasteiger partial charge in [0.25, 0.3) is 5.91 Å². The van der Waals surface area contributed by atoms with Crippen LogP contribution < -0.4 is 0 Å². The average Bonchev–Trinajstić information content (AvgIpc) is 2.42. The van der Waals surface area contributed by atoms with Crippen LogP contribution in [0.15, 0.2) is 29.2 Å². The molecule has 8 heteroatoms. The minimum atomic E-state index is -4.37. The Morgan fingerprint density at radius 3 is 2.18 bits per heavy atom. The molecule has 0 saturated carbocycles. The number of ether oxygens (including phenoxy) is 1. The largest absolute Gasteiger partial charge is 0.468 e. The fourth-order valence-corrected chi connectivity index (χ4v) is 2.20. The molecule has 0 radical (unpaired) electrons. The number of alkyl halides is 3. The van der Waals surface area contributed by atoms with Crippen LogP contribution in [-0.4, -0.2) is 42.0 Å². The number of nitrogens with zero attached hydrogens (tertiary/aromatic N) is 1. The number of carbonyl (C=O) groups is 2. The highest BCUT2D eigenvalue weighted by atomic mass is 32.2. The van der Waals surface area contributed by atoms with Crippen molar-refractivity contribution >= 4 is 23.6 Å². The zero-order valence-corrected chi connectivity index (χ0v) is 13.1. The fourth-order valence-electron chi connectivity index (χ4n) is 1.66. The van der Waals surface area contributed by atoms with E-state index in [-0.39, 0.29) is 34.8 Å². The maximum atomic E-state index is 12.3. The molecular weight excluding hydrogens is 319 g/mol. The van der Waals surface area contributed by atoms with Crippen LogP contribution in [0.3, 0.4) is 0 Å². The molecule has 0 saturated heterocycles. The summed E-state index contributed by atoms with van der Waals surface area (Å²) in [6.45, 7) is 3.25. The zero-order chi connectivity index (χ0) is 16.9. The smallest absolute Gasteiger partial charge is 0.446 e. The van der Waals surface area contributed by atoms with E-state index in [0.717, 1.165) is 0 Å². The van der Waals surface area contributed by atoms with Gasteiger partial charge < -0.3 is 9.64 Å². The normalized spacial score (nSPS) is 11.4. The van der Waals surface area contributed by atoms with Gasteiger partial charge in [-0.2, -0.15) is 13.2 Å². The van der Waals surface area contributed by atoms with E-state index in [4.69, 9.17) is 0 Å². The minimum Gasteiger partial charge on any atom is -0.468 e. The number of thioether (sulfide) groups is 1. The lowest BCUT2D eigenvalue weighted by atomic mass is 10.1. The molecule has 0 aliphatic rings. The van der Waals surface area contributed by atoms with Gasteiger partial charge in [-0.3, -0.25) is 9.59 Å². The summed E-state index contributed by atoms with van der Waals surface area (Å²) in [7, 11) is 1.22. The average molecular weight is 335 g/mol. The first kappa shape index (κ1) is 18.3. The third-order valence-electron chi connectivity index (χ3n) is 2.75. The zero-order valence-electron chi connectivity index (χ0n) is 12.3. The lowest BCUT2D eigenvalue weighted by Gasteiger charge is -2.25. The van der Waals surface area contributed by atoms with Gasteiger partial charge in [-0.25, -0.2) is 0 Å². The van der Waals surface area contributed by atoms with Gasteiger partial charge in [-0.05, 0) is 49.9 Å². The van der Waals surface area contributed by atoms with Crippen molar-refractivity contribution in [3.8, 4) is 0 Å². The topological polar surface area (TPSA) is 46.6 Å². The van der Waals surface area contributed by atoms with Crippen molar-refractivity contribution in [1.82, 2.24) is 4.90 Å². The van der Waals surface area contributed by atoms with Crippen molar-refractivity contribution in [2.75, 3.05) is 13.7 Å². The molecule has 1 amide bonds. The Morgan fingerprint density at radius 2 is 1.77 bits per heavy atom. The third kappa shape index (κ3) is 5.59. The second kappa shape index (κ2) is 7.53. The SMILES string of the molecule is COC(=O)CN(C(=O)c1ccc(SC(F)(F)F)cc1)C(C)C. The predicted octanol–water partition coefficient (Wildman–Crippen LogP) is 3.32. The van der Waals surface area contributed by atoms with Crippen molar-refractivity contribution in [3.63, 3.8) is 0 Å². The van der Waals surface area contributed by atoms with E-state index in [1.165, 1.54) is 36.3 Å². The van der Waals surface area contributed by atoms with E-state index in [2.05, 4.69) is 4.74 Å². The van der Waals surface area contributed by atoms with Gasteiger partial charge in [0.1, 0.15) is 6.54 Å². The Balaban J connectivity index is 2.88. The summed E-state index contributed by atoms with van der Waals surface area (Å²) in [5.41, 5.74) is -4.16. The molecule has 22 heavy (non-hydrogen) atoms. The van der Waals surface area contributed by atoms with Crippen LogP contribution in [0.2, 0.25) is 0 Å². The van der Waals surface area contributed by atoms with Gasteiger partial charge in [-0.15, -0.1) is 0 Å². The number of benzene rings is 1. The molecule has 0 unspecified atom stereocenters. The van der Waals surface area contributed by atoms with Crippen LogP contribution in [0.25, 0.3) is 0 Å².